The first-order valence-electron chi connectivity index (χ1n) is 8.21. The fourth-order valence-corrected chi connectivity index (χ4v) is 6.19. The Bertz CT molecular complexity index is 647. The van der Waals surface area contributed by atoms with Gasteiger partial charge in [-0.3, -0.25) is 4.18 Å². The van der Waals surface area contributed by atoms with Crippen LogP contribution in [-0.2, 0) is 14.3 Å². The van der Waals surface area contributed by atoms with Gasteiger partial charge in [0, 0.05) is 0 Å². The largest absolute Gasteiger partial charge is 0.297 e. The van der Waals surface area contributed by atoms with Gasteiger partial charge in [-0.05, 0) is 73.5 Å². The van der Waals surface area contributed by atoms with Crippen molar-refractivity contribution in [1.82, 2.24) is 0 Å². The molecule has 0 atom stereocenters. The molecule has 0 aromatic heterocycles. The van der Waals surface area contributed by atoms with E-state index in [0.29, 0.717) is 11.8 Å². The lowest BCUT2D eigenvalue weighted by Gasteiger charge is -2.53. The van der Waals surface area contributed by atoms with E-state index in [1.165, 1.54) is 6.42 Å². The van der Waals surface area contributed by atoms with Crippen molar-refractivity contribution in [1.29, 1.82) is 0 Å². The van der Waals surface area contributed by atoms with Crippen LogP contribution in [0, 0.1) is 23.7 Å². The smallest absolute Gasteiger partial charge is 0.262 e. The molecular formula is C18H22O3S. The summed E-state index contributed by atoms with van der Waals surface area (Å²) in [5.41, 5.74) is 0.911. The number of hydrogen-bond donors (Lipinski definition) is 0. The fourth-order valence-electron chi connectivity index (χ4n) is 5.00. The van der Waals surface area contributed by atoms with Crippen molar-refractivity contribution < 1.29 is 12.6 Å². The lowest BCUT2D eigenvalue weighted by Crippen LogP contribution is -2.50. The summed E-state index contributed by atoms with van der Waals surface area (Å²) in [7, 11) is -3.66. The summed E-state index contributed by atoms with van der Waals surface area (Å²) in [6, 6.07) is 6.76. The number of benzene rings is 1. The van der Waals surface area contributed by atoms with Crippen LogP contribution in [0.2, 0.25) is 0 Å². The first-order chi connectivity index (χ1) is 10.5. The van der Waals surface area contributed by atoms with Crippen molar-refractivity contribution in [2.45, 2.75) is 43.1 Å². The van der Waals surface area contributed by atoms with Gasteiger partial charge in [0.25, 0.3) is 10.1 Å². The second-order valence-corrected chi connectivity index (χ2v) is 8.79. The Morgan fingerprint density at radius 2 is 1.50 bits per heavy atom. The SMILES string of the molecule is C=Cc1ccc(S(=O)(=O)OC2C3CC4CC(C3)CC2C4)cc1. The third kappa shape index (κ3) is 2.42. The van der Waals surface area contributed by atoms with Crippen LogP contribution < -0.4 is 0 Å². The second-order valence-electron chi connectivity index (χ2n) is 7.22. The molecule has 1 aromatic rings. The van der Waals surface area contributed by atoms with Crippen LogP contribution >= 0.6 is 0 Å². The highest BCUT2D eigenvalue weighted by Crippen LogP contribution is 2.55. The quantitative estimate of drug-likeness (QED) is 0.792. The predicted molar refractivity (Wildman–Crippen MR) is 85.6 cm³/mol. The zero-order chi connectivity index (χ0) is 15.3. The van der Waals surface area contributed by atoms with Crippen molar-refractivity contribution in [3.8, 4) is 0 Å². The van der Waals surface area contributed by atoms with Crippen LogP contribution in [0.4, 0.5) is 0 Å². The van der Waals surface area contributed by atoms with E-state index in [4.69, 9.17) is 4.18 Å². The first kappa shape index (κ1) is 14.5. The maximum atomic E-state index is 12.6. The van der Waals surface area contributed by atoms with E-state index < -0.39 is 10.1 Å². The van der Waals surface area contributed by atoms with E-state index in [9.17, 15) is 8.42 Å². The third-order valence-electron chi connectivity index (χ3n) is 5.78. The zero-order valence-corrected chi connectivity index (χ0v) is 13.5. The molecule has 1 aromatic carbocycles. The molecule has 0 heterocycles. The van der Waals surface area contributed by atoms with Gasteiger partial charge in [0.2, 0.25) is 0 Å². The molecule has 0 aliphatic heterocycles. The molecule has 0 unspecified atom stereocenters. The molecule has 4 bridgehead atoms. The molecule has 22 heavy (non-hydrogen) atoms. The molecule has 0 radical (unpaired) electrons. The van der Waals surface area contributed by atoms with Crippen molar-refractivity contribution in [3.63, 3.8) is 0 Å². The highest BCUT2D eigenvalue weighted by molar-refractivity contribution is 7.86. The standard InChI is InChI=1S/C18H22O3S/c1-2-12-3-5-17(6-4-12)22(19,20)21-18-15-8-13-7-14(10-15)11-16(18)9-13/h2-6,13-16,18H,1,7-11H2. The highest BCUT2D eigenvalue weighted by atomic mass is 32.2. The Hall–Kier alpha value is -1.13. The molecule has 4 saturated carbocycles. The minimum atomic E-state index is -3.66. The van der Waals surface area contributed by atoms with Crippen molar-refractivity contribution >= 4 is 16.2 Å². The molecule has 0 amide bonds. The molecule has 118 valence electrons. The Labute approximate surface area is 132 Å². The van der Waals surface area contributed by atoms with E-state index in [1.54, 1.807) is 30.3 Å². The maximum Gasteiger partial charge on any atom is 0.297 e. The lowest BCUT2D eigenvalue weighted by molar-refractivity contribution is -0.0764. The van der Waals surface area contributed by atoms with Crippen molar-refractivity contribution in [3.05, 3.63) is 36.4 Å². The van der Waals surface area contributed by atoms with Crippen LogP contribution in [0.5, 0.6) is 0 Å². The monoisotopic (exact) mass is 318 g/mol. The van der Waals surface area contributed by atoms with Gasteiger partial charge in [-0.1, -0.05) is 24.8 Å². The molecule has 4 aliphatic carbocycles. The minimum absolute atomic E-state index is 0.100. The molecule has 4 heteroatoms. The summed E-state index contributed by atoms with van der Waals surface area (Å²) in [4.78, 5) is 0.256. The molecule has 3 nitrogen and oxygen atoms in total. The van der Waals surface area contributed by atoms with Crippen LogP contribution in [0.3, 0.4) is 0 Å². The van der Waals surface area contributed by atoms with Crippen molar-refractivity contribution in [2.24, 2.45) is 23.7 Å². The van der Waals surface area contributed by atoms with E-state index in [-0.39, 0.29) is 11.0 Å². The van der Waals surface area contributed by atoms with Gasteiger partial charge in [0.05, 0.1) is 11.0 Å². The average Bonchev–Trinajstić information content (AvgIpc) is 2.50. The van der Waals surface area contributed by atoms with Crippen LogP contribution in [0.1, 0.15) is 37.7 Å². The second kappa shape index (κ2) is 5.20. The van der Waals surface area contributed by atoms with Crippen molar-refractivity contribution in [2.75, 3.05) is 0 Å². The molecule has 0 saturated heterocycles. The summed E-state index contributed by atoms with van der Waals surface area (Å²) in [5, 5.41) is 0. The minimum Gasteiger partial charge on any atom is -0.262 e. The molecular weight excluding hydrogens is 296 g/mol. The zero-order valence-electron chi connectivity index (χ0n) is 12.6. The van der Waals surface area contributed by atoms with E-state index in [0.717, 1.165) is 43.1 Å². The first-order valence-corrected chi connectivity index (χ1v) is 9.62. The Morgan fingerprint density at radius 1 is 0.955 bits per heavy atom. The van der Waals surface area contributed by atoms with Gasteiger partial charge < -0.3 is 0 Å². The van der Waals surface area contributed by atoms with Gasteiger partial charge in [0.1, 0.15) is 0 Å². The summed E-state index contributed by atoms with van der Waals surface area (Å²) in [6.45, 7) is 3.69. The fraction of sp³-hybridized carbons (Fsp3) is 0.556. The normalized spacial score (nSPS) is 36.5. The van der Waals surface area contributed by atoms with Gasteiger partial charge in [-0.15, -0.1) is 0 Å². The highest BCUT2D eigenvalue weighted by Gasteiger charge is 2.50. The van der Waals surface area contributed by atoms with Crippen LogP contribution in [-0.4, -0.2) is 14.5 Å². The molecule has 0 N–H and O–H groups in total. The number of rotatable bonds is 4. The summed E-state index contributed by atoms with van der Waals surface area (Å²) < 4.78 is 30.9. The lowest BCUT2D eigenvalue weighted by atomic mass is 9.55. The molecule has 4 fully saturated rings. The van der Waals surface area contributed by atoms with E-state index in [2.05, 4.69) is 6.58 Å². The molecule has 4 aliphatic rings. The van der Waals surface area contributed by atoms with Gasteiger partial charge in [-0.2, -0.15) is 8.42 Å². The Kier molecular flexibility index (Phi) is 3.42. The van der Waals surface area contributed by atoms with E-state index >= 15 is 0 Å². The van der Waals surface area contributed by atoms with Gasteiger partial charge in [-0.25, -0.2) is 0 Å². The topological polar surface area (TPSA) is 43.4 Å². The van der Waals surface area contributed by atoms with Crippen LogP contribution in [0.15, 0.2) is 35.7 Å². The van der Waals surface area contributed by atoms with E-state index in [1.807, 2.05) is 0 Å². The third-order valence-corrected chi connectivity index (χ3v) is 7.11. The van der Waals surface area contributed by atoms with Gasteiger partial charge >= 0.3 is 0 Å². The summed E-state index contributed by atoms with van der Waals surface area (Å²) >= 11 is 0. The molecule has 0 spiro atoms. The van der Waals surface area contributed by atoms with Gasteiger partial charge in [0.15, 0.2) is 0 Å². The summed E-state index contributed by atoms with van der Waals surface area (Å²) in [5.74, 6) is 2.52. The Morgan fingerprint density at radius 3 is 2.00 bits per heavy atom. The Balaban J connectivity index is 1.55. The maximum absolute atomic E-state index is 12.6. The number of hydrogen-bond acceptors (Lipinski definition) is 3. The molecule has 5 rings (SSSR count). The average molecular weight is 318 g/mol. The summed E-state index contributed by atoms with van der Waals surface area (Å²) in [6.07, 6.45) is 7.58. The predicted octanol–water partition coefficient (Wildman–Crippen LogP) is 3.86. The van der Waals surface area contributed by atoms with Crippen LogP contribution in [0.25, 0.3) is 6.08 Å².